The second-order valence-electron chi connectivity index (χ2n) is 7.84. The number of imide groups is 2. The molecule has 3 rings (SSSR count). The molecule has 0 N–H and O–H groups in total. The van der Waals surface area contributed by atoms with E-state index < -0.39 is 0 Å². The molecule has 6 heteroatoms. The molecule has 3 aliphatic rings. The predicted molar refractivity (Wildman–Crippen MR) is 95.6 cm³/mol. The smallest absolute Gasteiger partial charge is 0.256 e. The zero-order chi connectivity index (χ0) is 19.2. The van der Waals surface area contributed by atoms with Crippen LogP contribution < -0.4 is 0 Å². The van der Waals surface area contributed by atoms with Crippen LogP contribution in [0.4, 0.5) is 0 Å². The van der Waals surface area contributed by atoms with Gasteiger partial charge in [0.1, 0.15) is 0 Å². The fourth-order valence-electron chi connectivity index (χ4n) is 4.22. The number of carbonyl (C=O) groups excluding carboxylic acids is 4. The van der Waals surface area contributed by atoms with Crippen LogP contribution in [0.5, 0.6) is 0 Å². The minimum atomic E-state index is -0.185. The minimum Gasteiger partial charge on any atom is -0.275 e. The maximum absolute atomic E-state index is 12.3. The van der Waals surface area contributed by atoms with Gasteiger partial charge in [-0.05, 0) is 58.8 Å². The van der Waals surface area contributed by atoms with Gasteiger partial charge in [-0.3, -0.25) is 29.0 Å². The van der Waals surface area contributed by atoms with Crippen molar-refractivity contribution in [1.82, 2.24) is 9.80 Å². The van der Waals surface area contributed by atoms with Crippen molar-refractivity contribution >= 4 is 23.6 Å². The lowest BCUT2D eigenvalue weighted by molar-refractivity contribution is -0.139. The summed E-state index contributed by atoms with van der Waals surface area (Å²) in [4.78, 5) is 51.8. The SMILES string of the molecule is CC1=C(C)C(=O)N(CC2CCCC(CN3C(=O)C(C)=C(C)C3=O)C2)C1=O. The summed E-state index contributed by atoms with van der Waals surface area (Å²) in [6, 6.07) is 0. The summed E-state index contributed by atoms with van der Waals surface area (Å²) in [5, 5.41) is 0. The molecular weight excluding hydrogens is 332 g/mol. The van der Waals surface area contributed by atoms with E-state index in [0.717, 1.165) is 25.7 Å². The summed E-state index contributed by atoms with van der Waals surface area (Å²) in [6.45, 7) is 7.65. The molecule has 0 spiro atoms. The molecule has 1 saturated carbocycles. The van der Waals surface area contributed by atoms with Crippen LogP contribution in [0.3, 0.4) is 0 Å². The highest BCUT2D eigenvalue weighted by Crippen LogP contribution is 2.33. The Hall–Kier alpha value is -2.24. The normalized spacial score (nSPS) is 27.5. The summed E-state index contributed by atoms with van der Waals surface area (Å²) in [5.41, 5.74) is 2.14. The van der Waals surface area contributed by atoms with Crippen LogP contribution in [0, 0.1) is 11.8 Å². The van der Waals surface area contributed by atoms with E-state index >= 15 is 0 Å². The third-order valence-electron chi connectivity index (χ3n) is 6.16. The highest BCUT2D eigenvalue weighted by atomic mass is 16.2. The summed E-state index contributed by atoms with van der Waals surface area (Å²) in [7, 11) is 0. The average molecular weight is 358 g/mol. The zero-order valence-corrected chi connectivity index (χ0v) is 15.9. The number of hydrogen-bond donors (Lipinski definition) is 0. The largest absolute Gasteiger partial charge is 0.275 e. The molecule has 4 amide bonds. The molecule has 0 saturated heterocycles. The van der Waals surface area contributed by atoms with Crippen LogP contribution in [-0.2, 0) is 19.2 Å². The first kappa shape index (κ1) is 18.5. The molecule has 0 aromatic carbocycles. The first-order valence-corrected chi connectivity index (χ1v) is 9.29. The molecule has 26 heavy (non-hydrogen) atoms. The van der Waals surface area contributed by atoms with Crippen molar-refractivity contribution in [1.29, 1.82) is 0 Å². The van der Waals surface area contributed by atoms with Gasteiger partial charge in [-0.2, -0.15) is 0 Å². The quantitative estimate of drug-likeness (QED) is 0.722. The standard InChI is InChI=1S/C20H26N2O4/c1-11-12(2)18(24)21(17(11)23)9-15-6-5-7-16(8-15)10-22-19(25)13(3)14(4)20(22)26/h15-16H,5-10H2,1-4H3. The predicted octanol–water partition coefficient (Wildman–Crippen LogP) is 2.20. The molecule has 1 fully saturated rings. The molecule has 2 unspecified atom stereocenters. The zero-order valence-electron chi connectivity index (χ0n) is 15.9. The van der Waals surface area contributed by atoms with E-state index in [2.05, 4.69) is 0 Å². The van der Waals surface area contributed by atoms with Gasteiger partial charge in [0.25, 0.3) is 23.6 Å². The van der Waals surface area contributed by atoms with E-state index in [9.17, 15) is 19.2 Å². The van der Waals surface area contributed by atoms with E-state index in [1.807, 2.05) is 0 Å². The Morgan fingerprint density at radius 2 is 0.962 bits per heavy atom. The second kappa shape index (κ2) is 6.82. The fourth-order valence-corrected chi connectivity index (χ4v) is 4.22. The molecule has 1 aliphatic carbocycles. The van der Waals surface area contributed by atoms with Crippen LogP contribution in [0.25, 0.3) is 0 Å². The summed E-state index contributed by atoms with van der Waals surface area (Å²) in [6.07, 6.45) is 3.73. The van der Waals surface area contributed by atoms with Crippen molar-refractivity contribution < 1.29 is 19.2 Å². The lowest BCUT2D eigenvalue weighted by atomic mass is 9.81. The van der Waals surface area contributed by atoms with E-state index in [1.165, 1.54) is 9.80 Å². The van der Waals surface area contributed by atoms with Crippen molar-refractivity contribution in [3.05, 3.63) is 22.3 Å². The van der Waals surface area contributed by atoms with Gasteiger partial charge < -0.3 is 0 Å². The fraction of sp³-hybridized carbons (Fsp3) is 0.600. The van der Waals surface area contributed by atoms with Crippen molar-refractivity contribution in [3.8, 4) is 0 Å². The summed E-state index contributed by atoms with van der Waals surface area (Å²) >= 11 is 0. The first-order valence-electron chi connectivity index (χ1n) is 9.29. The lowest BCUT2D eigenvalue weighted by Gasteiger charge is -2.33. The van der Waals surface area contributed by atoms with Crippen LogP contribution >= 0.6 is 0 Å². The Kier molecular flexibility index (Phi) is 4.86. The molecule has 0 radical (unpaired) electrons. The first-order chi connectivity index (χ1) is 12.2. The summed E-state index contributed by atoms with van der Waals surface area (Å²) in [5.74, 6) is -0.290. The van der Waals surface area contributed by atoms with Gasteiger partial charge in [-0.15, -0.1) is 0 Å². The van der Waals surface area contributed by atoms with Gasteiger partial charge in [-0.25, -0.2) is 0 Å². The van der Waals surface area contributed by atoms with Gasteiger partial charge in [0.15, 0.2) is 0 Å². The maximum atomic E-state index is 12.3. The maximum Gasteiger partial charge on any atom is 0.256 e. The number of amides is 4. The number of nitrogens with zero attached hydrogens (tertiary/aromatic N) is 2. The molecule has 0 aromatic rings. The molecular formula is C20H26N2O4. The highest BCUT2D eigenvalue weighted by molar-refractivity contribution is 6.19. The van der Waals surface area contributed by atoms with E-state index in [4.69, 9.17) is 0 Å². The Balaban J connectivity index is 1.61. The Labute approximate surface area is 153 Å². The van der Waals surface area contributed by atoms with Gasteiger partial charge in [-0.1, -0.05) is 6.42 Å². The minimum absolute atomic E-state index is 0.185. The Morgan fingerprint density at radius 1 is 0.654 bits per heavy atom. The molecule has 0 bridgehead atoms. The van der Waals surface area contributed by atoms with Crippen LogP contribution in [0.2, 0.25) is 0 Å². The Bertz CT molecular complexity index is 652. The van der Waals surface area contributed by atoms with Crippen molar-refractivity contribution in [2.24, 2.45) is 11.8 Å². The Morgan fingerprint density at radius 3 is 1.27 bits per heavy atom. The van der Waals surface area contributed by atoms with Gasteiger partial charge in [0.2, 0.25) is 0 Å². The van der Waals surface area contributed by atoms with E-state index in [0.29, 0.717) is 35.4 Å². The van der Waals surface area contributed by atoms with Gasteiger partial charge in [0, 0.05) is 35.4 Å². The van der Waals surface area contributed by atoms with Crippen molar-refractivity contribution in [3.63, 3.8) is 0 Å². The average Bonchev–Trinajstić information content (AvgIpc) is 2.92. The van der Waals surface area contributed by atoms with Crippen LogP contribution in [0.1, 0.15) is 53.4 Å². The van der Waals surface area contributed by atoms with Crippen LogP contribution in [-0.4, -0.2) is 46.5 Å². The number of rotatable bonds is 4. The topological polar surface area (TPSA) is 74.8 Å². The van der Waals surface area contributed by atoms with Gasteiger partial charge >= 0.3 is 0 Å². The number of carbonyl (C=O) groups is 4. The third kappa shape index (κ3) is 3.02. The molecule has 2 atom stereocenters. The van der Waals surface area contributed by atoms with Crippen LogP contribution in [0.15, 0.2) is 22.3 Å². The highest BCUT2D eigenvalue weighted by Gasteiger charge is 2.38. The second-order valence-corrected chi connectivity index (χ2v) is 7.84. The van der Waals surface area contributed by atoms with E-state index in [1.54, 1.807) is 27.7 Å². The molecule has 140 valence electrons. The van der Waals surface area contributed by atoms with Crippen molar-refractivity contribution in [2.45, 2.75) is 53.4 Å². The van der Waals surface area contributed by atoms with Gasteiger partial charge in [0.05, 0.1) is 0 Å². The molecule has 2 aliphatic heterocycles. The third-order valence-corrected chi connectivity index (χ3v) is 6.16. The van der Waals surface area contributed by atoms with E-state index in [-0.39, 0.29) is 35.5 Å². The lowest BCUT2D eigenvalue weighted by Crippen LogP contribution is -2.40. The molecule has 6 nitrogen and oxygen atoms in total. The monoisotopic (exact) mass is 358 g/mol. The summed E-state index contributed by atoms with van der Waals surface area (Å²) < 4.78 is 0. The molecule has 2 heterocycles. The van der Waals surface area contributed by atoms with Crippen molar-refractivity contribution in [2.75, 3.05) is 13.1 Å². The number of hydrogen-bond acceptors (Lipinski definition) is 4. The molecule has 0 aromatic heterocycles.